The molecule has 0 aliphatic carbocycles. The van der Waals surface area contributed by atoms with Gasteiger partial charge < -0.3 is 25.0 Å². The molecule has 1 aromatic rings. The summed E-state index contributed by atoms with van der Waals surface area (Å²) in [4.78, 5) is 41.8. The van der Waals surface area contributed by atoms with Gasteiger partial charge in [0.05, 0.1) is 18.1 Å². The first-order valence-corrected chi connectivity index (χ1v) is 11.1. The number of amides is 2. The molecule has 0 saturated carbocycles. The average molecular weight is 453 g/mol. The van der Waals surface area contributed by atoms with Crippen LogP contribution in [-0.4, -0.2) is 99.4 Å². The molecule has 2 N–H and O–H groups in total. The van der Waals surface area contributed by atoms with Crippen molar-refractivity contribution in [2.75, 3.05) is 33.2 Å². The van der Waals surface area contributed by atoms with E-state index in [1.54, 1.807) is 11.0 Å². The normalized spacial score (nSPS) is 26.4. The molecule has 11 heteroatoms. The number of hydrogen-bond donors (Lipinski definition) is 2. The highest BCUT2D eigenvalue weighted by molar-refractivity contribution is 5.79. The molecule has 2 amide bonds. The second kappa shape index (κ2) is 13.1. The van der Waals surface area contributed by atoms with E-state index in [-0.39, 0.29) is 42.5 Å². The minimum absolute atomic E-state index is 0.0216. The second-order valence-electron chi connectivity index (χ2n) is 8.63. The van der Waals surface area contributed by atoms with E-state index < -0.39 is 0 Å². The largest absolute Gasteiger partial charge is 0.483 e. The van der Waals surface area contributed by atoms with Crippen LogP contribution in [0.15, 0.2) is 12.7 Å². The highest BCUT2D eigenvalue weighted by Gasteiger charge is 2.33. The van der Waals surface area contributed by atoms with Crippen molar-refractivity contribution in [2.45, 2.75) is 64.3 Å². The van der Waals surface area contributed by atoms with Gasteiger partial charge in [-0.15, -0.1) is 0 Å². The number of aryl methyl sites for hydroxylation is 1. The molecule has 3 rings (SSSR count). The summed E-state index contributed by atoms with van der Waals surface area (Å²) in [6.07, 6.45) is 6.13. The van der Waals surface area contributed by atoms with Crippen molar-refractivity contribution in [3.05, 3.63) is 12.7 Å². The summed E-state index contributed by atoms with van der Waals surface area (Å²) in [7, 11) is 2.03. The summed E-state index contributed by atoms with van der Waals surface area (Å²) in [5.74, 6) is 0.259. The van der Waals surface area contributed by atoms with Gasteiger partial charge in [0.2, 0.25) is 11.8 Å². The third kappa shape index (κ3) is 8.54. The summed E-state index contributed by atoms with van der Waals surface area (Å²) in [5, 5.41) is 14.1. The number of carbonyl (C=O) groups excluding carboxylic acids is 2. The fraction of sp³-hybridized carbons (Fsp3) is 0.762. The Kier molecular flexibility index (Phi) is 10.5. The van der Waals surface area contributed by atoms with Gasteiger partial charge in [-0.25, -0.2) is 4.98 Å². The lowest BCUT2D eigenvalue weighted by Crippen LogP contribution is -2.51. The van der Waals surface area contributed by atoms with Gasteiger partial charge >= 0.3 is 0 Å². The van der Waals surface area contributed by atoms with E-state index in [0.717, 1.165) is 32.4 Å². The summed E-state index contributed by atoms with van der Waals surface area (Å²) in [6, 6.07) is 0.0826. The number of nitrogens with one attached hydrogen (secondary N) is 1. The molecular formula is C21H36N6O5. The van der Waals surface area contributed by atoms with E-state index >= 15 is 0 Å². The molecular weight excluding hydrogens is 416 g/mol. The van der Waals surface area contributed by atoms with Crippen molar-refractivity contribution in [3.63, 3.8) is 0 Å². The van der Waals surface area contributed by atoms with Crippen molar-refractivity contribution in [1.82, 2.24) is 29.9 Å². The molecule has 180 valence electrons. The molecule has 1 aromatic heterocycles. The Balaban J connectivity index is 0.00000114. The highest BCUT2D eigenvalue weighted by Crippen LogP contribution is 2.21. The Morgan fingerprint density at radius 3 is 2.50 bits per heavy atom. The van der Waals surface area contributed by atoms with Crippen molar-refractivity contribution < 1.29 is 24.2 Å². The summed E-state index contributed by atoms with van der Waals surface area (Å²) < 4.78 is 7.49. The first-order chi connectivity index (χ1) is 15.3. The number of likely N-dealkylation sites (tertiary alicyclic amines) is 1. The molecule has 11 nitrogen and oxygen atoms in total. The van der Waals surface area contributed by atoms with Crippen LogP contribution in [0.1, 0.15) is 39.5 Å². The third-order valence-electron chi connectivity index (χ3n) is 5.63. The summed E-state index contributed by atoms with van der Waals surface area (Å²) >= 11 is 0. The topological polar surface area (TPSA) is 130 Å². The zero-order valence-corrected chi connectivity index (χ0v) is 19.2. The molecule has 3 heterocycles. The number of carboxylic acid groups (broad SMARTS) is 1. The Morgan fingerprint density at radius 1 is 1.19 bits per heavy atom. The molecule has 2 aliphatic heterocycles. The van der Waals surface area contributed by atoms with E-state index in [9.17, 15) is 9.59 Å². The number of ether oxygens (including phenoxy) is 1. The quantitative estimate of drug-likeness (QED) is 0.587. The zero-order chi connectivity index (χ0) is 23.5. The maximum atomic E-state index is 13.1. The minimum Gasteiger partial charge on any atom is -0.483 e. The van der Waals surface area contributed by atoms with Crippen LogP contribution in [0.2, 0.25) is 0 Å². The minimum atomic E-state index is -0.250. The summed E-state index contributed by atoms with van der Waals surface area (Å²) in [6.45, 7) is 7.30. The standard InChI is InChI=1S/C20H34N6O3.CH2O2/c1-15-9-25(10-16(2)29-15)20(28)17-6-7-18(12-24(3)11-17)23-19(27)5-4-8-26-14-21-13-22-26;2-1-3/h13-18H,4-12H2,1-3H3,(H,23,27);1H,(H,2,3)/t15-,16+,17-,18+;/m1./s1. The van der Waals surface area contributed by atoms with E-state index in [4.69, 9.17) is 14.6 Å². The van der Waals surface area contributed by atoms with E-state index in [2.05, 4.69) is 20.3 Å². The number of morpholine rings is 1. The highest BCUT2D eigenvalue weighted by atomic mass is 16.5. The summed E-state index contributed by atoms with van der Waals surface area (Å²) in [5.41, 5.74) is 0. The number of rotatable bonds is 6. The second-order valence-corrected chi connectivity index (χ2v) is 8.63. The lowest BCUT2D eigenvalue weighted by Gasteiger charge is -2.37. The zero-order valence-electron chi connectivity index (χ0n) is 19.2. The van der Waals surface area contributed by atoms with Gasteiger partial charge in [0, 0.05) is 45.2 Å². The molecule has 4 atom stereocenters. The number of hydrogen-bond acceptors (Lipinski definition) is 7. The predicted octanol–water partition coefficient (Wildman–Crippen LogP) is 0.222. The van der Waals surface area contributed by atoms with Crippen molar-refractivity contribution in [2.24, 2.45) is 5.92 Å². The van der Waals surface area contributed by atoms with Gasteiger partial charge in [-0.2, -0.15) is 5.10 Å². The monoisotopic (exact) mass is 452 g/mol. The van der Waals surface area contributed by atoms with Crippen LogP contribution in [0.5, 0.6) is 0 Å². The van der Waals surface area contributed by atoms with Gasteiger partial charge in [-0.05, 0) is 40.2 Å². The van der Waals surface area contributed by atoms with Crippen molar-refractivity contribution >= 4 is 18.3 Å². The average Bonchev–Trinajstić information content (AvgIpc) is 3.16. The Hall–Kier alpha value is -2.53. The van der Waals surface area contributed by atoms with Gasteiger partial charge in [0.1, 0.15) is 12.7 Å². The van der Waals surface area contributed by atoms with Gasteiger partial charge in [0.25, 0.3) is 6.47 Å². The number of likely N-dealkylation sites (N-methyl/N-ethyl adjacent to an activating group) is 1. The Morgan fingerprint density at radius 2 is 1.88 bits per heavy atom. The van der Waals surface area contributed by atoms with Crippen LogP contribution in [-0.2, 0) is 25.7 Å². The van der Waals surface area contributed by atoms with Crippen LogP contribution in [0.3, 0.4) is 0 Å². The maximum absolute atomic E-state index is 13.1. The molecule has 2 saturated heterocycles. The Bertz CT molecular complexity index is 706. The number of aromatic nitrogens is 3. The molecule has 0 aromatic carbocycles. The molecule has 2 aliphatic rings. The van der Waals surface area contributed by atoms with Crippen LogP contribution < -0.4 is 5.32 Å². The Labute approximate surface area is 189 Å². The fourth-order valence-corrected chi connectivity index (χ4v) is 4.40. The molecule has 32 heavy (non-hydrogen) atoms. The number of nitrogens with zero attached hydrogens (tertiary/aromatic N) is 5. The van der Waals surface area contributed by atoms with Gasteiger partial charge in [0.15, 0.2) is 0 Å². The SMILES string of the molecule is C[C@@H]1CN(C(=O)[C@@H]2CC[C@H](NC(=O)CCCn3cncn3)CN(C)C2)C[C@H](C)O1.O=CO. The van der Waals surface area contributed by atoms with Gasteiger partial charge in [-0.1, -0.05) is 0 Å². The van der Waals surface area contributed by atoms with E-state index in [1.165, 1.54) is 6.33 Å². The molecule has 0 radical (unpaired) electrons. The predicted molar refractivity (Wildman–Crippen MR) is 117 cm³/mol. The van der Waals surface area contributed by atoms with Crippen molar-refractivity contribution in [1.29, 1.82) is 0 Å². The lowest BCUT2D eigenvalue weighted by molar-refractivity contribution is -0.148. The molecule has 0 bridgehead atoms. The van der Waals surface area contributed by atoms with Crippen molar-refractivity contribution in [3.8, 4) is 0 Å². The number of carbonyl (C=O) groups is 3. The van der Waals surface area contributed by atoms with Crippen LogP contribution in [0, 0.1) is 5.92 Å². The smallest absolute Gasteiger partial charge is 0.290 e. The maximum Gasteiger partial charge on any atom is 0.290 e. The van der Waals surface area contributed by atoms with Gasteiger partial charge in [-0.3, -0.25) is 19.1 Å². The first kappa shape index (κ1) is 25.7. The molecule has 0 spiro atoms. The van der Waals surface area contributed by atoms with Crippen LogP contribution in [0.25, 0.3) is 0 Å². The third-order valence-corrected chi connectivity index (χ3v) is 5.63. The van der Waals surface area contributed by atoms with Crippen LogP contribution in [0.4, 0.5) is 0 Å². The molecule has 0 unspecified atom stereocenters. The first-order valence-electron chi connectivity index (χ1n) is 11.1. The van der Waals surface area contributed by atoms with E-state index in [1.807, 2.05) is 25.8 Å². The lowest BCUT2D eigenvalue weighted by atomic mass is 9.99. The van der Waals surface area contributed by atoms with E-state index in [0.29, 0.717) is 26.1 Å². The fourth-order valence-electron chi connectivity index (χ4n) is 4.40. The van der Waals surface area contributed by atoms with Crippen LogP contribution >= 0.6 is 0 Å². The molecule has 2 fully saturated rings.